The minimum absolute atomic E-state index is 0.0382. The predicted molar refractivity (Wildman–Crippen MR) is 76.6 cm³/mol. The molecule has 0 aromatic carbocycles. The monoisotopic (exact) mass is 252 g/mol. The first-order valence-electron chi connectivity index (χ1n) is 7.64. The molecule has 0 spiro atoms. The summed E-state index contributed by atoms with van der Waals surface area (Å²) in [4.78, 5) is 0. The predicted octanol–water partition coefficient (Wildman–Crippen LogP) is 4.30. The molecule has 0 N–H and O–H groups in total. The second-order valence-electron chi connectivity index (χ2n) is 7.69. The van der Waals surface area contributed by atoms with Crippen molar-refractivity contribution in [2.75, 3.05) is 0 Å². The average Bonchev–Trinajstić information content (AvgIpc) is 2.45. The summed E-state index contributed by atoms with van der Waals surface area (Å²) in [6, 6.07) is 0. The lowest BCUT2D eigenvalue weighted by molar-refractivity contribution is 0.0232. The number of hydrogen-bond donors (Lipinski definition) is 0. The van der Waals surface area contributed by atoms with E-state index in [2.05, 4.69) is 34.6 Å². The van der Waals surface area contributed by atoms with Gasteiger partial charge in [-0.15, -0.1) is 0 Å². The third-order valence-electron chi connectivity index (χ3n) is 4.53. The summed E-state index contributed by atoms with van der Waals surface area (Å²) >= 11 is 0. The summed E-state index contributed by atoms with van der Waals surface area (Å²) in [5.41, 5.74) is 0.335. The van der Waals surface area contributed by atoms with Crippen molar-refractivity contribution in [2.45, 2.75) is 84.7 Å². The Bertz CT molecular complexity index is 290. The summed E-state index contributed by atoms with van der Waals surface area (Å²) < 4.78 is 12.5. The summed E-state index contributed by atoms with van der Waals surface area (Å²) in [5.74, 6) is 0.729. The van der Waals surface area contributed by atoms with Gasteiger partial charge in [0.2, 0.25) is 0 Å². The fraction of sp³-hybridized carbons (Fsp3) is 1.00. The highest BCUT2D eigenvalue weighted by molar-refractivity contribution is 6.45. The molecular formula is C15H29BO2. The zero-order valence-electron chi connectivity index (χ0n) is 12.8. The largest absolute Gasteiger partial charge is 0.457 e. The maximum absolute atomic E-state index is 6.30. The Balaban J connectivity index is 1.98. The minimum atomic E-state index is -0.0539. The van der Waals surface area contributed by atoms with Gasteiger partial charge in [-0.1, -0.05) is 40.5 Å². The lowest BCUT2D eigenvalue weighted by Crippen LogP contribution is -2.39. The fourth-order valence-corrected chi connectivity index (χ4v) is 3.66. The summed E-state index contributed by atoms with van der Waals surface area (Å²) in [6.07, 6.45) is 7.41. The molecule has 1 aliphatic carbocycles. The molecule has 0 radical (unpaired) electrons. The van der Waals surface area contributed by atoms with Crippen molar-refractivity contribution in [3.8, 4) is 0 Å². The highest BCUT2D eigenvalue weighted by Crippen LogP contribution is 2.46. The molecule has 0 aromatic rings. The zero-order valence-corrected chi connectivity index (χ0v) is 12.8. The Hall–Kier alpha value is -0.0151. The van der Waals surface area contributed by atoms with E-state index in [9.17, 15) is 0 Å². The molecule has 104 valence electrons. The highest BCUT2D eigenvalue weighted by atomic mass is 16.7. The van der Waals surface area contributed by atoms with Gasteiger partial charge in [0, 0.05) is 0 Å². The van der Waals surface area contributed by atoms with Crippen LogP contribution >= 0.6 is 0 Å². The van der Waals surface area contributed by atoms with Gasteiger partial charge < -0.3 is 9.31 Å². The molecule has 0 bridgehead atoms. The molecule has 2 unspecified atom stereocenters. The zero-order chi connectivity index (χ0) is 13.4. The second kappa shape index (κ2) is 5.17. The van der Waals surface area contributed by atoms with Crippen LogP contribution in [0.3, 0.4) is 0 Å². The van der Waals surface area contributed by atoms with Crippen LogP contribution < -0.4 is 0 Å². The first-order chi connectivity index (χ1) is 8.31. The third kappa shape index (κ3) is 3.30. The number of rotatable bonds is 3. The SMILES string of the molecule is CC(C)CCB1OC2CCCC(C)(C)CC2(C)O1. The molecule has 2 fully saturated rings. The van der Waals surface area contributed by atoms with Crippen LogP contribution in [0.4, 0.5) is 0 Å². The smallest absolute Gasteiger partial charge is 0.405 e. The van der Waals surface area contributed by atoms with Gasteiger partial charge in [-0.2, -0.15) is 0 Å². The molecular weight excluding hydrogens is 223 g/mol. The van der Waals surface area contributed by atoms with Crippen molar-refractivity contribution in [3.05, 3.63) is 0 Å². The van der Waals surface area contributed by atoms with Crippen LogP contribution in [0.5, 0.6) is 0 Å². The Morgan fingerprint density at radius 3 is 2.67 bits per heavy atom. The van der Waals surface area contributed by atoms with E-state index < -0.39 is 0 Å². The van der Waals surface area contributed by atoms with Crippen molar-refractivity contribution in [3.63, 3.8) is 0 Å². The molecule has 0 amide bonds. The molecule has 2 atom stereocenters. The standard InChI is InChI=1S/C15H29BO2/c1-12(2)8-10-16-17-13-7-6-9-14(3,4)11-15(13,5)18-16/h12-13H,6-11H2,1-5H3. The van der Waals surface area contributed by atoms with Crippen molar-refractivity contribution in [1.29, 1.82) is 0 Å². The molecule has 2 rings (SSSR count). The summed E-state index contributed by atoms with van der Waals surface area (Å²) in [7, 11) is 0.0382. The first kappa shape index (κ1) is 14.4. The normalized spacial score (nSPS) is 35.7. The van der Waals surface area contributed by atoms with Gasteiger partial charge in [-0.05, 0) is 43.8 Å². The Labute approximate surface area is 113 Å². The van der Waals surface area contributed by atoms with Crippen molar-refractivity contribution in [1.82, 2.24) is 0 Å². The Morgan fingerprint density at radius 2 is 2.00 bits per heavy atom. The van der Waals surface area contributed by atoms with Crippen LogP contribution in [0.1, 0.15) is 66.7 Å². The molecule has 3 heteroatoms. The highest BCUT2D eigenvalue weighted by Gasteiger charge is 2.51. The lowest BCUT2D eigenvalue weighted by Gasteiger charge is -2.34. The topological polar surface area (TPSA) is 18.5 Å². The van der Waals surface area contributed by atoms with Gasteiger partial charge in [0.25, 0.3) is 0 Å². The summed E-state index contributed by atoms with van der Waals surface area (Å²) in [5, 5.41) is 0. The maximum atomic E-state index is 6.30. The van der Waals surface area contributed by atoms with Gasteiger partial charge in [0.15, 0.2) is 0 Å². The molecule has 18 heavy (non-hydrogen) atoms. The second-order valence-corrected chi connectivity index (χ2v) is 7.69. The first-order valence-corrected chi connectivity index (χ1v) is 7.64. The van der Waals surface area contributed by atoms with Crippen LogP contribution in [-0.2, 0) is 9.31 Å². The van der Waals surface area contributed by atoms with E-state index in [0.717, 1.165) is 25.1 Å². The molecule has 2 nitrogen and oxygen atoms in total. The van der Waals surface area contributed by atoms with E-state index >= 15 is 0 Å². The van der Waals surface area contributed by atoms with E-state index in [1.807, 2.05) is 0 Å². The van der Waals surface area contributed by atoms with Crippen molar-refractivity contribution >= 4 is 7.12 Å². The molecule has 1 saturated carbocycles. The van der Waals surface area contributed by atoms with Crippen LogP contribution in [-0.4, -0.2) is 18.8 Å². The van der Waals surface area contributed by atoms with Crippen LogP contribution in [0.2, 0.25) is 6.32 Å². The Kier molecular flexibility index (Phi) is 4.13. The van der Waals surface area contributed by atoms with Gasteiger partial charge in [-0.25, -0.2) is 0 Å². The number of hydrogen-bond acceptors (Lipinski definition) is 2. The van der Waals surface area contributed by atoms with Crippen molar-refractivity contribution in [2.24, 2.45) is 11.3 Å². The van der Waals surface area contributed by atoms with E-state index in [1.165, 1.54) is 19.3 Å². The minimum Gasteiger partial charge on any atom is -0.405 e. The number of fused-ring (bicyclic) bond motifs is 1. The van der Waals surface area contributed by atoms with Crippen molar-refractivity contribution < 1.29 is 9.31 Å². The van der Waals surface area contributed by atoms with Crippen LogP contribution in [0, 0.1) is 11.3 Å². The van der Waals surface area contributed by atoms with Gasteiger partial charge in [0.1, 0.15) is 0 Å². The van der Waals surface area contributed by atoms with Gasteiger partial charge in [-0.3, -0.25) is 0 Å². The summed E-state index contributed by atoms with van der Waals surface area (Å²) in [6.45, 7) is 11.5. The van der Waals surface area contributed by atoms with Crippen LogP contribution in [0.15, 0.2) is 0 Å². The molecule has 2 aliphatic rings. The molecule has 1 aliphatic heterocycles. The maximum Gasteiger partial charge on any atom is 0.457 e. The Morgan fingerprint density at radius 1 is 1.28 bits per heavy atom. The average molecular weight is 252 g/mol. The molecule has 1 heterocycles. The van der Waals surface area contributed by atoms with Crippen LogP contribution in [0.25, 0.3) is 0 Å². The fourth-order valence-electron chi connectivity index (χ4n) is 3.66. The van der Waals surface area contributed by atoms with E-state index in [-0.39, 0.29) is 12.7 Å². The van der Waals surface area contributed by atoms with Gasteiger partial charge in [0.05, 0.1) is 11.7 Å². The van der Waals surface area contributed by atoms with E-state index in [4.69, 9.17) is 9.31 Å². The van der Waals surface area contributed by atoms with E-state index in [0.29, 0.717) is 11.5 Å². The molecule has 0 aromatic heterocycles. The molecule has 1 saturated heterocycles. The van der Waals surface area contributed by atoms with E-state index in [1.54, 1.807) is 0 Å². The van der Waals surface area contributed by atoms with Gasteiger partial charge >= 0.3 is 7.12 Å². The lowest BCUT2D eigenvalue weighted by atomic mass is 9.78. The quantitative estimate of drug-likeness (QED) is 0.697. The third-order valence-corrected chi connectivity index (χ3v) is 4.53.